The summed E-state index contributed by atoms with van der Waals surface area (Å²) in [7, 11) is 3.13. The Morgan fingerprint density at radius 2 is 2.16 bits per heavy atom. The highest BCUT2D eigenvalue weighted by Gasteiger charge is 2.17. The highest BCUT2D eigenvalue weighted by atomic mass is 19.1. The van der Waals surface area contributed by atoms with Crippen molar-refractivity contribution < 1.29 is 13.9 Å². The molecule has 98 valence electrons. The molecule has 0 spiro atoms. The molecule has 2 rings (SSSR count). The number of rotatable bonds is 3. The van der Waals surface area contributed by atoms with Gasteiger partial charge in [-0.25, -0.2) is 4.39 Å². The quantitative estimate of drug-likeness (QED) is 0.851. The largest absolute Gasteiger partial charge is 0.497 e. The molecule has 0 saturated carbocycles. The lowest BCUT2D eigenvalue weighted by atomic mass is 10.2. The topological polar surface area (TPSA) is 42.4 Å². The van der Waals surface area contributed by atoms with Crippen LogP contribution < -0.4 is 9.64 Å². The van der Waals surface area contributed by atoms with E-state index in [9.17, 15) is 9.18 Å². The number of amides is 1. The first kappa shape index (κ1) is 13.0. The van der Waals surface area contributed by atoms with Crippen molar-refractivity contribution in [3.63, 3.8) is 0 Å². The summed E-state index contributed by atoms with van der Waals surface area (Å²) in [5.41, 5.74) is 0.612. The number of hydrogen-bond acceptors (Lipinski definition) is 3. The van der Waals surface area contributed by atoms with Crippen molar-refractivity contribution in [1.29, 1.82) is 0 Å². The average Bonchev–Trinajstić information content (AvgIpc) is 2.46. The third-order valence-electron chi connectivity index (χ3n) is 2.75. The number of hydrogen-bond donors (Lipinski definition) is 0. The second-order valence-corrected chi connectivity index (χ2v) is 3.92. The molecule has 0 aliphatic rings. The zero-order valence-corrected chi connectivity index (χ0v) is 10.6. The van der Waals surface area contributed by atoms with Crippen molar-refractivity contribution in [2.45, 2.75) is 0 Å². The molecule has 0 radical (unpaired) electrons. The van der Waals surface area contributed by atoms with Gasteiger partial charge in [-0.1, -0.05) is 6.07 Å². The number of methoxy groups -OCH3 is 1. The molecular formula is C14H13FN2O2. The van der Waals surface area contributed by atoms with Gasteiger partial charge in [0.15, 0.2) is 5.82 Å². The van der Waals surface area contributed by atoms with Gasteiger partial charge in [-0.15, -0.1) is 0 Å². The number of nitrogens with zero attached hydrogens (tertiary/aromatic N) is 2. The molecule has 5 heteroatoms. The Kier molecular flexibility index (Phi) is 3.75. The van der Waals surface area contributed by atoms with Crippen LogP contribution in [0.15, 0.2) is 42.7 Å². The zero-order chi connectivity index (χ0) is 13.8. The fraction of sp³-hybridized carbons (Fsp3) is 0.143. The Hall–Kier alpha value is -2.43. The van der Waals surface area contributed by atoms with E-state index in [-0.39, 0.29) is 5.56 Å². The Bertz CT molecular complexity index is 602. The molecule has 1 amide bonds. The maximum absolute atomic E-state index is 13.5. The van der Waals surface area contributed by atoms with Gasteiger partial charge < -0.3 is 9.64 Å². The van der Waals surface area contributed by atoms with Crippen molar-refractivity contribution in [3.8, 4) is 5.75 Å². The standard InChI is InChI=1S/C14H13FN2O2/c1-17(10-4-3-5-11(8-10)19-2)14(18)12-6-7-16-9-13(12)15/h3-9H,1-2H3. The second-order valence-electron chi connectivity index (χ2n) is 3.92. The van der Waals surface area contributed by atoms with E-state index in [4.69, 9.17) is 4.74 Å². The van der Waals surface area contributed by atoms with E-state index < -0.39 is 11.7 Å². The highest BCUT2D eigenvalue weighted by Crippen LogP contribution is 2.21. The predicted molar refractivity (Wildman–Crippen MR) is 69.9 cm³/mol. The molecule has 0 fully saturated rings. The van der Waals surface area contributed by atoms with Crippen LogP contribution in [0.1, 0.15) is 10.4 Å². The van der Waals surface area contributed by atoms with Crippen LogP contribution in [0.4, 0.5) is 10.1 Å². The predicted octanol–water partition coefficient (Wildman–Crippen LogP) is 2.51. The third kappa shape index (κ3) is 2.70. The zero-order valence-electron chi connectivity index (χ0n) is 10.6. The summed E-state index contributed by atoms with van der Waals surface area (Å²) >= 11 is 0. The van der Waals surface area contributed by atoms with Crippen LogP contribution in [0, 0.1) is 5.82 Å². The fourth-order valence-electron chi connectivity index (χ4n) is 1.67. The maximum atomic E-state index is 13.5. The molecule has 1 aromatic heterocycles. The maximum Gasteiger partial charge on any atom is 0.261 e. The van der Waals surface area contributed by atoms with Crippen molar-refractivity contribution >= 4 is 11.6 Å². The van der Waals surface area contributed by atoms with Gasteiger partial charge in [-0.05, 0) is 18.2 Å². The number of carbonyl (C=O) groups excluding carboxylic acids is 1. The van der Waals surface area contributed by atoms with Crippen molar-refractivity contribution in [3.05, 3.63) is 54.1 Å². The number of halogens is 1. The molecule has 4 nitrogen and oxygen atoms in total. The molecule has 2 aromatic rings. The number of ether oxygens (including phenoxy) is 1. The van der Waals surface area contributed by atoms with E-state index in [2.05, 4.69) is 4.98 Å². The second kappa shape index (κ2) is 5.48. The van der Waals surface area contributed by atoms with E-state index >= 15 is 0 Å². The minimum atomic E-state index is -0.637. The van der Waals surface area contributed by atoms with E-state index in [1.807, 2.05) is 0 Å². The smallest absolute Gasteiger partial charge is 0.261 e. The first-order valence-electron chi connectivity index (χ1n) is 5.65. The van der Waals surface area contributed by atoms with Crippen LogP contribution in [0.5, 0.6) is 5.75 Å². The number of carbonyl (C=O) groups is 1. The van der Waals surface area contributed by atoms with Crippen LogP contribution in [0.2, 0.25) is 0 Å². The summed E-state index contributed by atoms with van der Waals surface area (Å²) in [6.07, 6.45) is 2.41. The molecule has 0 aliphatic carbocycles. The average molecular weight is 260 g/mol. The highest BCUT2D eigenvalue weighted by molar-refractivity contribution is 6.05. The lowest BCUT2D eigenvalue weighted by Crippen LogP contribution is -2.27. The molecule has 1 heterocycles. The van der Waals surface area contributed by atoms with Crippen LogP contribution >= 0.6 is 0 Å². The summed E-state index contributed by atoms with van der Waals surface area (Å²) in [6, 6.07) is 8.35. The molecule has 0 N–H and O–H groups in total. The minimum absolute atomic E-state index is 0.0136. The summed E-state index contributed by atoms with van der Waals surface area (Å²) in [5.74, 6) is -0.442. The first-order valence-corrected chi connectivity index (χ1v) is 5.65. The number of aromatic nitrogens is 1. The molecule has 19 heavy (non-hydrogen) atoms. The van der Waals surface area contributed by atoms with Gasteiger partial charge in [0.2, 0.25) is 0 Å². The van der Waals surface area contributed by atoms with Crippen molar-refractivity contribution in [2.24, 2.45) is 0 Å². The molecule has 0 aliphatic heterocycles. The van der Waals surface area contributed by atoms with Gasteiger partial charge in [0, 0.05) is 25.0 Å². The van der Waals surface area contributed by atoms with E-state index in [1.165, 1.54) is 17.2 Å². The summed E-state index contributed by atoms with van der Waals surface area (Å²) in [4.78, 5) is 17.2. The minimum Gasteiger partial charge on any atom is -0.497 e. The van der Waals surface area contributed by atoms with E-state index in [0.717, 1.165) is 6.20 Å². The van der Waals surface area contributed by atoms with Crippen LogP contribution in [-0.4, -0.2) is 25.0 Å². The molecule has 0 saturated heterocycles. The Morgan fingerprint density at radius 1 is 1.37 bits per heavy atom. The summed E-state index contributed by atoms with van der Waals surface area (Å²) in [5, 5.41) is 0. The summed E-state index contributed by atoms with van der Waals surface area (Å²) in [6.45, 7) is 0. The number of anilines is 1. The van der Waals surface area contributed by atoms with Gasteiger partial charge in [0.25, 0.3) is 5.91 Å². The lowest BCUT2D eigenvalue weighted by molar-refractivity contribution is 0.0989. The molecule has 1 aromatic carbocycles. The molecular weight excluding hydrogens is 247 g/mol. The number of benzene rings is 1. The lowest BCUT2D eigenvalue weighted by Gasteiger charge is -2.18. The Morgan fingerprint density at radius 3 is 2.84 bits per heavy atom. The van der Waals surface area contributed by atoms with E-state index in [1.54, 1.807) is 38.4 Å². The van der Waals surface area contributed by atoms with Crippen molar-refractivity contribution in [2.75, 3.05) is 19.1 Å². The third-order valence-corrected chi connectivity index (χ3v) is 2.75. The SMILES string of the molecule is COc1cccc(N(C)C(=O)c2ccncc2F)c1. The summed E-state index contributed by atoms with van der Waals surface area (Å²) < 4.78 is 18.6. The van der Waals surface area contributed by atoms with Gasteiger partial charge in [-0.3, -0.25) is 9.78 Å². The van der Waals surface area contributed by atoms with Crippen LogP contribution in [0.3, 0.4) is 0 Å². The number of pyridine rings is 1. The van der Waals surface area contributed by atoms with Gasteiger partial charge >= 0.3 is 0 Å². The Labute approximate surface area is 110 Å². The normalized spacial score (nSPS) is 10.1. The molecule has 0 atom stereocenters. The van der Waals surface area contributed by atoms with Gasteiger partial charge in [0.1, 0.15) is 5.75 Å². The van der Waals surface area contributed by atoms with Gasteiger partial charge in [-0.2, -0.15) is 0 Å². The fourth-order valence-corrected chi connectivity index (χ4v) is 1.67. The van der Waals surface area contributed by atoms with Gasteiger partial charge in [0.05, 0.1) is 18.9 Å². The Balaban J connectivity index is 2.31. The van der Waals surface area contributed by atoms with E-state index in [0.29, 0.717) is 11.4 Å². The first-order chi connectivity index (χ1) is 9.13. The van der Waals surface area contributed by atoms with Crippen LogP contribution in [0.25, 0.3) is 0 Å². The van der Waals surface area contributed by atoms with Crippen LogP contribution in [-0.2, 0) is 0 Å². The monoisotopic (exact) mass is 260 g/mol. The van der Waals surface area contributed by atoms with Crippen molar-refractivity contribution in [1.82, 2.24) is 4.98 Å². The molecule has 0 bridgehead atoms. The molecule has 0 unspecified atom stereocenters.